The van der Waals surface area contributed by atoms with E-state index in [1.165, 1.54) is 38.3 Å². The molecule has 2 aromatic carbocycles. The minimum absolute atomic E-state index is 0.0493. The number of fused-ring (bicyclic) bond motifs is 1. The summed E-state index contributed by atoms with van der Waals surface area (Å²) in [6.07, 6.45) is 0.0493. The van der Waals surface area contributed by atoms with Crippen molar-refractivity contribution in [1.82, 2.24) is 0 Å². The number of thiophene rings is 1. The maximum Gasteiger partial charge on any atom is 0.380 e. The van der Waals surface area contributed by atoms with Crippen LogP contribution >= 0.6 is 11.3 Å². The number of benzene rings is 2. The third kappa shape index (κ3) is 3.25. The van der Waals surface area contributed by atoms with E-state index in [2.05, 4.69) is 0 Å². The molecule has 36 heavy (non-hydrogen) atoms. The molecule has 0 saturated carbocycles. The first-order chi connectivity index (χ1) is 17.0. The van der Waals surface area contributed by atoms with Crippen LogP contribution in [0.4, 0.5) is 26.3 Å². The van der Waals surface area contributed by atoms with Crippen LogP contribution in [0.25, 0.3) is 32.6 Å². The van der Waals surface area contributed by atoms with Gasteiger partial charge in [-0.1, -0.05) is 25.1 Å². The normalized spacial score (nSPS) is 18.2. The van der Waals surface area contributed by atoms with E-state index in [9.17, 15) is 8.78 Å². The summed E-state index contributed by atoms with van der Waals surface area (Å²) in [6, 6.07) is 13.9. The van der Waals surface area contributed by atoms with Gasteiger partial charge >= 0.3 is 17.8 Å². The Balaban J connectivity index is 1.83. The highest BCUT2D eigenvalue weighted by Crippen LogP contribution is 2.66. The van der Waals surface area contributed by atoms with Gasteiger partial charge in [0.05, 0.1) is 7.11 Å². The summed E-state index contributed by atoms with van der Waals surface area (Å²) in [5.41, 5.74) is -2.73. The lowest BCUT2D eigenvalue weighted by molar-refractivity contribution is -0.254. The standard InChI is InChI=1S/C27H20F6O2S/c1-4-19-22(17-7-5-6-8-20(17)35-19)24-23(25(28,29)27(32,33)26(24,30)31)18-13-21(36-14(18)2)15-9-11-16(34-3)12-10-15/h5-13H,4H2,1-3H3. The van der Waals surface area contributed by atoms with Crippen LogP contribution in [-0.4, -0.2) is 24.9 Å². The molecule has 0 spiro atoms. The van der Waals surface area contributed by atoms with Gasteiger partial charge in [0.2, 0.25) is 0 Å². The SMILES string of the molecule is CCc1oc2ccccc2c1C1=C(c2cc(-c3ccc(OC)cc3)sc2C)C(F)(F)C(F)(F)C1(F)F. The molecule has 0 atom stereocenters. The van der Waals surface area contributed by atoms with Crippen LogP contribution < -0.4 is 4.74 Å². The van der Waals surface area contributed by atoms with Crippen LogP contribution in [0, 0.1) is 6.92 Å². The molecule has 0 unspecified atom stereocenters. The van der Waals surface area contributed by atoms with Gasteiger partial charge in [0.1, 0.15) is 17.1 Å². The molecule has 1 aliphatic rings. The number of alkyl halides is 6. The quantitative estimate of drug-likeness (QED) is 0.244. The highest BCUT2D eigenvalue weighted by atomic mass is 32.1. The molecule has 0 aliphatic heterocycles. The Morgan fingerprint density at radius 2 is 1.53 bits per heavy atom. The molecule has 188 valence electrons. The van der Waals surface area contributed by atoms with E-state index in [4.69, 9.17) is 9.15 Å². The fourth-order valence-electron chi connectivity index (χ4n) is 4.66. The van der Waals surface area contributed by atoms with E-state index in [0.717, 1.165) is 11.3 Å². The number of methoxy groups -OCH3 is 1. The summed E-state index contributed by atoms with van der Waals surface area (Å²) in [5, 5.41) is 0.0817. The average Bonchev–Trinajstić information content (AvgIpc) is 3.44. The fraction of sp³-hybridized carbons (Fsp3) is 0.259. The number of ether oxygens (including phenoxy) is 1. The van der Waals surface area contributed by atoms with Gasteiger partial charge in [-0.15, -0.1) is 11.3 Å². The lowest BCUT2D eigenvalue weighted by Crippen LogP contribution is -2.48. The zero-order chi connectivity index (χ0) is 26.0. The molecular formula is C27H20F6O2S. The van der Waals surface area contributed by atoms with E-state index in [1.54, 1.807) is 37.3 Å². The summed E-state index contributed by atoms with van der Waals surface area (Å²) in [7, 11) is 1.49. The van der Waals surface area contributed by atoms with Crippen molar-refractivity contribution in [2.75, 3.05) is 7.11 Å². The van der Waals surface area contributed by atoms with Crippen molar-refractivity contribution in [2.24, 2.45) is 0 Å². The third-order valence-electron chi connectivity index (χ3n) is 6.47. The van der Waals surface area contributed by atoms with Gasteiger partial charge in [0.15, 0.2) is 0 Å². The number of hydrogen-bond acceptors (Lipinski definition) is 3. The van der Waals surface area contributed by atoms with E-state index >= 15 is 17.6 Å². The molecule has 0 amide bonds. The minimum atomic E-state index is -5.64. The Morgan fingerprint density at radius 3 is 2.17 bits per heavy atom. The van der Waals surface area contributed by atoms with Crippen molar-refractivity contribution in [1.29, 1.82) is 0 Å². The van der Waals surface area contributed by atoms with Crippen molar-refractivity contribution in [3.8, 4) is 16.2 Å². The Labute approximate surface area is 206 Å². The van der Waals surface area contributed by atoms with Crippen molar-refractivity contribution < 1.29 is 35.5 Å². The van der Waals surface area contributed by atoms with Gasteiger partial charge < -0.3 is 9.15 Å². The van der Waals surface area contributed by atoms with Crippen molar-refractivity contribution in [2.45, 2.75) is 38.0 Å². The van der Waals surface area contributed by atoms with Crippen molar-refractivity contribution in [3.05, 3.63) is 76.4 Å². The number of furan rings is 1. The number of halogens is 6. The van der Waals surface area contributed by atoms with Gasteiger partial charge in [-0.2, -0.15) is 26.3 Å². The fourth-order valence-corrected chi connectivity index (χ4v) is 5.69. The van der Waals surface area contributed by atoms with Crippen LogP contribution in [0.15, 0.2) is 59.0 Å². The second-order valence-corrected chi connectivity index (χ2v) is 9.79. The smallest absolute Gasteiger partial charge is 0.380 e. The summed E-state index contributed by atoms with van der Waals surface area (Å²) in [4.78, 5) is 0.687. The van der Waals surface area contributed by atoms with Gasteiger partial charge in [0, 0.05) is 38.3 Å². The molecule has 2 heterocycles. The highest BCUT2D eigenvalue weighted by Gasteiger charge is 2.80. The second-order valence-electron chi connectivity index (χ2n) is 8.53. The van der Waals surface area contributed by atoms with E-state index < -0.39 is 34.5 Å². The third-order valence-corrected chi connectivity index (χ3v) is 7.57. The first-order valence-corrected chi connectivity index (χ1v) is 11.9. The van der Waals surface area contributed by atoms with Crippen LogP contribution in [0.1, 0.15) is 28.7 Å². The number of hydrogen-bond donors (Lipinski definition) is 0. The predicted octanol–water partition coefficient (Wildman–Crippen LogP) is 8.87. The molecule has 0 radical (unpaired) electrons. The number of aryl methyl sites for hydroxylation is 2. The molecule has 0 fully saturated rings. The second kappa shape index (κ2) is 8.16. The van der Waals surface area contributed by atoms with Crippen LogP contribution in [0.2, 0.25) is 0 Å². The molecule has 0 saturated heterocycles. The van der Waals surface area contributed by atoms with Crippen molar-refractivity contribution in [3.63, 3.8) is 0 Å². The Morgan fingerprint density at radius 1 is 0.889 bits per heavy atom. The van der Waals surface area contributed by atoms with Crippen molar-refractivity contribution >= 4 is 33.5 Å². The molecule has 0 bridgehead atoms. The monoisotopic (exact) mass is 522 g/mol. The van der Waals surface area contributed by atoms with Crippen LogP contribution in [-0.2, 0) is 6.42 Å². The lowest BCUT2D eigenvalue weighted by Gasteiger charge is -2.25. The minimum Gasteiger partial charge on any atom is -0.497 e. The Kier molecular flexibility index (Phi) is 5.55. The Bertz CT molecular complexity index is 1490. The number of para-hydroxylation sites is 1. The molecule has 4 aromatic rings. The highest BCUT2D eigenvalue weighted by molar-refractivity contribution is 7.15. The molecule has 9 heteroatoms. The molecular weight excluding hydrogens is 502 g/mol. The van der Waals surface area contributed by atoms with E-state index in [1.807, 2.05) is 0 Å². The molecule has 2 nitrogen and oxygen atoms in total. The predicted molar refractivity (Wildman–Crippen MR) is 128 cm³/mol. The first kappa shape index (κ1) is 24.5. The summed E-state index contributed by atoms with van der Waals surface area (Å²) in [5.74, 6) is -15.4. The topological polar surface area (TPSA) is 22.4 Å². The van der Waals surface area contributed by atoms with Gasteiger partial charge in [0.25, 0.3) is 0 Å². The average molecular weight is 523 g/mol. The molecule has 2 aromatic heterocycles. The molecule has 0 N–H and O–H groups in total. The lowest BCUT2D eigenvalue weighted by atomic mass is 9.92. The zero-order valence-electron chi connectivity index (χ0n) is 19.4. The van der Waals surface area contributed by atoms with Gasteiger partial charge in [-0.25, -0.2) is 0 Å². The Hall–Kier alpha value is -3.20. The zero-order valence-corrected chi connectivity index (χ0v) is 20.2. The molecule has 5 rings (SSSR count). The largest absolute Gasteiger partial charge is 0.497 e. The maximum atomic E-state index is 15.4. The summed E-state index contributed by atoms with van der Waals surface area (Å²) >= 11 is 1.06. The maximum absolute atomic E-state index is 15.4. The van der Waals surface area contributed by atoms with Gasteiger partial charge in [-0.3, -0.25) is 0 Å². The van der Waals surface area contributed by atoms with E-state index in [-0.39, 0.29) is 33.6 Å². The summed E-state index contributed by atoms with van der Waals surface area (Å²) in [6.45, 7) is 3.04. The van der Waals surface area contributed by atoms with Crippen LogP contribution in [0.5, 0.6) is 5.75 Å². The first-order valence-electron chi connectivity index (χ1n) is 11.1. The van der Waals surface area contributed by atoms with E-state index in [0.29, 0.717) is 16.2 Å². The summed E-state index contributed by atoms with van der Waals surface area (Å²) < 4.78 is 102. The van der Waals surface area contributed by atoms with Crippen LogP contribution in [0.3, 0.4) is 0 Å². The molecule has 1 aliphatic carbocycles. The van der Waals surface area contributed by atoms with Gasteiger partial charge in [-0.05, 0) is 54.4 Å². The number of rotatable bonds is 5. The number of allylic oxidation sites excluding steroid dienone is 2.